The number of aryl methyl sites for hydroxylation is 1. The van der Waals surface area contributed by atoms with Crippen molar-refractivity contribution >= 4 is 5.82 Å². The van der Waals surface area contributed by atoms with Crippen molar-refractivity contribution in [2.75, 3.05) is 20.0 Å². The van der Waals surface area contributed by atoms with E-state index in [0.717, 1.165) is 16.8 Å². The van der Waals surface area contributed by atoms with Crippen LogP contribution in [0.2, 0.25) is 0 Å². The summed E-state index contributed by atoms with van der Waals surface area (Å²) in [5.41, 5.74) is 9.02. The predicted octanol–water partition coefficient (Wildman–Crippen LogP) is 2.98. The standard InChI is InChI=1S/C16H23N3O2/c1-16(2,3)14-13(15(17)19(4)18-14)10-7-8-11(20-5)12(9-10)21-6/h7-9H,17H2,1-6H3. The Kier molecular flexibility index (Phi) is 3.85. The maximum atomic E-state index is 6.22. The molecule has 0 amide bonds. The molecule has 0 radical (unpaired) electrons. The summed E-state index contributed by atoms with van der Waals surface area (Å²) in [6.45, 7) is 6.37. The van der Waals surface area contributed by atoms with E-state index < -0.39 is 0 Å². The van der Waals surface area contributed by atoms with Crippen LogP contribution in [-0.2, 0) is 12.5 Å². The lowest BCUT2D eigenvalue weighted by Crippen LogP contribution is -2.13. The number of rotatable bonds is 3. The van der Waals surface area contributed by atoms with Gasteiger partial charge >= 0.3 is 0 Å². The van der Waals surface area contributed by atoms with Crippen molar-refractivity contribution in [3.05, 3.63) is 23.9 Å². The molecule has 1 aromatic carbocycles. The molecule has 114 valence electrons. The van der Waals surface area contributed by atoms with Crippen LogP contribution in [0.25, 0.3) is 11.1 Å². The molecule has 1 aromatic heterocycles. The lowest BCUT2D eigenvalue weighted by Gasteiger charge is -2.18. The number of nitrogens with two attached hydrogens (primary N) is 1. The van der Waals surface area contributed by atoms with Crippen LogP contribution in [-0.4, -0.2) is 24.0 Å². The van der Waals surface area contributed by atoms with Crippen LogP contribution in [0, 0.1) is 0 Å². The van der Waals surface area contributed by atoms with E-state index in [1.54, 1.807) is 18.9 Å². The van der Waals surface area contributed by atoms with Crippen LogP contribution in [0.15, 0.2) is 18.2 Å². The molecule has 2 N–H and O–H groups in total. The molecule has 5 heteroatoms. The van der Waals surface area contributed by atoms with Gasteiger partial charge < -0.3 is 15.2 Å². The average molecular weight is 289 g/mol. The third-order valence-electron chi connectivity index (χ3n) is 3.47. The molecule has 2 aromatic rings. The van der Waals surface area contributed by atoms with Gasteiger partial charge in [-0.3, -0.25) is 4.68 Å². The Morgan fingerprint density at radius 3 is 2.24 bits per heavy atom. The van der Waals surface area contributed by atoms with Crippen LogP contribution < -0.4 is 15.2 Å². The Hall–Kier alpha value is -2.17. The molecule has 0 atom stereocenters. The van der Waals surface area contributed by atoms with E-state index in [1.807, 2.05) is 25.2 Å². The Bertz CT molecular complexity index is 654. The first kappa shape index (κ1) is 15.2. The van der Waals surface area contributed by atoms with Crippen molar-refractivity contribution in [3.8, 4) is 22.6 Å². The number of nitrogens with zero attached hydrogens (tertiary/aromatic N) is 2. The predicted molar refractivity (Wildman–Crippen MR) is 84.9 cm³/mol. The SMILES string of the molecule is COc1ccc(-c2c(C(C)(C)C)nn(C)c2N)cc1OC. The molecule has 0 saturated carbocycles. The highest BCUT2D eigenvalue weighted by Gasteiger charge is 2.26. The number of methoxy groups -OCH3 is 2. The molecule has 0 aliphatic rings. The fourth-order valence-electron chi connectivity index (χ4n) is 2.34. The second kappa shape index (κ2) is 5.31. The molecule has 0 aliphatic carbocycles. The van der Waals surface area contributed by atoms with Gasteiger partial charge in [0.05, 0.1) is 19.9 Å². The minimum Gasteiger partial charge on any atom is -0.493 e. The van der Waals surface area contributed by atoms with E-state index in [1.165, 1.54) is 0 Å². The van der Waals surface area contributed by atoms with Crippen molar-refractivity contribution in [1.82, 2.24) is 9.78 Å². The van der Waals surface area contributed by atoms with E-state index in [4.69, 9.17) is 15.2 Å². The maximum Gasteiger partial charge on any atom is 0.161 e. The molecule has 0 saturated heterocycles. The molecule has 0 fully saturated rings. The molecule has 1 heterocycles. The van der Waals surface area contributed by atoms with E-state index in [2.05, 4.69) is 25.9 Å². The van der Waals surface area contributed by atoms with Gasteiger partial charge in [-0.25, -0.2) is 0 Å². The van der Waals surface area contributed by atoms with Crippen molar-refractivity contribution in [2.24, 2.45) is 7.05 Å². The van der Waals surface area contributed by atoms with Gasteiger partial charge in [0.1, 0.15) is 5.82 Å². The lowest BCUT2D eigenvalue weighted by atomic mass is 9.87. The Labute approximate surface area is 125 Å². The molecule has 0 unspecified atom stereocenters. The van der Waals surface area contributed by atoms with Crippen LogP contribution in [0.1, 0.15) is 26.5 Å². The van der Waals surface area contributed by atoms with Crippen LogP contribution in [0.3, 0.4) is 0 Å². The summed E-state index contributed by atoms with van der Waals surface area (Å²) < 4.78 is 12.4. The normalized spacial score (nSPS) is 11.5. The fourth-order valence-corrected chi connectivity index (χ4v) is 2.34. The van der Waals surface area contributed by atoms with E-state index in [0.29, 0.717) is 17.3 Å². The largest absolute Gasteiger partial charge is 0.493 e. The second-order valence-corrected chi connectivity index (χ2v) is 6.05. The number of aromatic nitrogens is 2. The van der Waals surface area contributed by atoms with Gasteiger partial charge in [0.2, 0.25) is 0 Å². The molecular weight excluding hydrogens is 266 g/mol. The highest BCUT2D eigenvalue weighted by Crippen LogP contribution is 2.39. The van der Waals surface area contributed by atoms with Gasteiger partial charge in [0.15, 0.2) is 11.5 Å². The maximum absolute atomic E-state index is 6.22. The van der Waals surface area contributed by atoms with Gasteiger partial charge in [-0.05, 0) is 17.7 Å². The summed E-state index contributed by atoms with van der Waals surface area (Å²) in [6, 6.07) is 5.79. The summed E-state index contributed by atoms with van der Waals surface area (Å²) in [6.07, 6.45) is 0. The fraction of sp³-hybridized carbons (Fsp3) is 0.438. The molecule has 2 rings (SSSR count). The molecule has 21 heavy (non-hydrogen) atoms. The Morgan fingerprint density at radius 2 is 1.71 bits per heavy atom. The average Bonchev–Trinajstić information content (AvgIpc) is 2.74. The summed E-state index contributed by atoms with van der Waals surface area (Å²) in [5.74, 6) is 2.02. The molecular formula is C16H23N3O2. The highest BCUT2D eigenvalue weighted by atomic mass is 16.5. The van der Waals surface area contributed by atoms with Crippen molar-refractivity contribution in [2.45, 2.75) is 26.2 Å². The zero-order chi connectivity index (χ0) is 15.8. The van der Waals surface area contributed by atoms with Crippen molar-refractivity contribution < 1.29 is 9.47 Å². The number of ether oxygens (including phenoxy) is 2. The zero-order valence-electron chi connectivity index (χ0n) is 13.5. The Balaban J connectivity index is 2.67. The Morgan fingerprint density at radius 1 is 1.10 bits per heavy atom. The monoisotopic (exact) mass is 289 g/mol. The van der Waals surface area contributed by atoms with Crippen LogP contribution >= 0.6 is 0 Å². The van der Waals surface area contributed by atoms with E-state index >= 15 is 0 Å². The van der Waals surface area contributed by atoms with Crippen molar-refractivity contribution in [1.29, 1.82) is 0 Å². The summed E-state index contributed by atoms with van der Waals surface area (Å²) in [5, 5.41) is 4.58. The third kappa shape index (κ3) is 2.68. The summed E-state index contributed by atoms with van der Waals surface area (Å²) in [4.78, 5) is 0. The van der Waals surface area contributed by atoms with E-state index in [9.17, 15) is 0 Å². The molecule has 0 bridgehead atoms. The quantitative estimate of drug-likeness (QED) is 0.943. The lowest BCUT2D eigenvalue weighted by molar-refractivity contribution is 0.355. The summed E-state index contributed by atoms with van der Waals surface area (Å²) >= 11 is 0. The van der Waals surface area contributed by atoms with Gasteiger partial charge in [0.25, 0.3) is 0 Å². The smallest absolute Gasteiger partial charge is 0.161 e. The number of nitrogen functional groups attached to an aromatic ring is 1. The topological polar surface area (TPSA) is 62.3 Å². The van der Waals surface area contributed by atoms with Gasteiger partial charge in [-0.2, -0.15) is 5.10 Å². The highest BCUT2D eigenvalue weighted by molar-refractivity contribution is 5.79. The van der Waals surface area contributed by atoms with Crippen LogP contribution in [0.5, 0.6) is 11.5 Å². The minimum atomic E-state index is -0.0993. The zero-order valence-corrected chi connectivity index (χ0v) is 13.5. The summed E-state index contributed by atoms with van der Waals surface area (Å²) in [7, 11) is 5.10. The van der Waals surface area contributed by atoms with Crippen molar-refractivity contribution in [3.63, 3.8) is 0 Å². The first-order valence-corrected chi connectivity index (χ1v) is 6.85. The minimum absolute atomic E-state index is 0.0993. The molecule has 0 aliphatic heterocycles. The number of anilines is 1. The first-order valence-electron chi connectivity index (χ1n) is 6.85. The van der Waals surface area contributed by atoms with Gasteiger partial charge in [-0.15, -0.1) is 0 Å². The van der Waals surface area contributed by atoms with Gasteiger partial charge in [0, 0.05) is 18.0 Å². The molecule has 5 nitrogen and oxygen atoms in total. The van der Waals surface area contributed by atoms with E-state index in [-0.39, 0.29) is 5.41 Å². The number of hydrogen-bond acceptors (Lipinski definition) is 4. The third-order valence-corrected chi connectivity index (χ3v) is 3.47. The van der Waals surface area contributed by atoms with Gasteiger partial charge in [-0.1, -0.05) is 26.8 Å². The first-order chi connectivity index (χ1) is 9.79. The molecule has 0 spiro atoms. The number of hydrogen-bond donors (Lipinski definition) is 1. The number of benzene rings is 1. The van der Waals surface area contributed by atoms with Crippen LogP contribution in [0.4, 0.5) is 5.82 Å². The second-order valence-electron chi connectivity index (χ2n) is 6.05.